The zero-order valence-corrected chi connectivity index (χ0v) is 12.1. The molecule has 20 heavy (non-hydrogen) atoms. The first-order chi connectivity index (χ1) is 9.74. The Morgan fingerprint density at radius 1 is 1.40 bits per heavy atom. The van der Waals surface area contributed by atoms with Crippen LogP contribution in [0.4, 0.5) is 0 Å². The van der Waals surface area contributed by atoms with Crippen molar-refractivity contribution in [2.75, 3.05) is 6.61 Å². The highest BCUT2D eigenvalue weighted by atomic mass is 16.5. The van der Waals surface area contributed by atoms with E-state index in [1.807, 2.05) is 4.68 Å². The second-order valence-electron chi connectivity index (χ2n) is 5.14. The molecule has 1 unspecified atom stereocenters. The topological polar surface area (TPSA) is 53.1 Å². The van der Waals surface area contributed by atoms with E-state index in [0.29, 0.717) is 0 Å². The van der Waals surface area contributed by atoms with E-state index in [-0.39, 0.29) is 6.04 Å². The van der Waals surface area contributed by atoms with Crippen molar-refractivity contribution in [3.63, 3.8) is 0 Å². The molecule has 4 nitrogen and oxygen atoms in total. The van der Waals surface area contributed by atoms with E-state index < -0.39 is 0 Å². The molecule has 0 saturated carbocycles. The fraction of sp³-hybridized carbons (Fsp3) is 0.438. The summed E-state index contributed by atoms with van der Waals surface area (Å²) in [5, 5.41) is 4.58. The van der Waals surface area contributed by atoms with E-state index in [0.717, 1.165) is 48.7 Å². The number of hydrogen-bond acceptors (Lipinski definition) is 3. The maximum atomic E-state index is 6.49. The van der Waals surface area contributed by atoms with E-state index in [2.05, 4.69) is 43.2 Å². The third-order valence-corrected chi connectivity index (χ3v) is 3.92. The Morgan fingerprint density at radius 3 is 3.00 bits per heavy atom. The van der Waals surface area contributed by atoms with Crippen LogP contribution in [0, 0.1) is 0 Å². The summed E-state index contributed by atoms with van der Waals surface area (Å²) in [7, 11) is 0. The van der Waals surface area contributed by atoms with Crippen molar-refractivity contribution in [3.8, 4) is 5.75 Å². The Morgan fingerprint density at radius 2 is 2.25 bits per heavy atom. The first kappa shape index (κ1) is 13.2. The second-order valence-corrected chi connectivity index (χ2v) is 5.14. The predicted molar refractivity (Wildman–Crippen MR) is 79.0 cm³/mol. The van der Waals surface area contributed by atoms with Gasteiger partial charge in [0.1, 0.15) is 5.75 Å². The second kappa shape index (κ2) is 5.29. The fourth-order valence-electron chi connectivity index (χ4n) is 2.81. The Bertz CT molecular complexity index is 618. The van der Waals surface area contributed by atoms with Gasteiger partial charge in [-0.05, 0) is 25.0 Å². The summed E-state index contributed by atoms with van der Waals surface area (Å²) in [4.78, 5) is 0. The molecule has 0 bridgehead atoms. The van der Waals surface area contributed by atoms with Gasteiger partial charge in [0, 0.05) is 18.5 Å². The van der Waals surface area contributed by atoms with Gasteiger partial charge in [-0.3, -0.25) is 4.68 Å². The molecule has 1 atom stereocenters. The smallest absolute Gasteiger partial charge is 0.127 e. The number of aryl methyl sites for hydroxylation is 2. The van der Waals surface area contributed by atoms with Crippen LogP contribution in [0.3, 0.4) is 0 Å². The van der Waals surface area contributed by atoms with Gasteiger partial charge in [0.15, 0.2) is 0 Å². The molecule has 3 rings (SSSR count). The van der Waals surface area contributed by atoms with Crippen molar-refractivity contribution in [1.82, 2.24) is 9.78 Å². The molecule has 2 aromatic rings. The molecule has 1 aromatic carbocycles. The third-order valence-electron chi connectivity index (χ3n) is 3.92. The highest BCUT2D eigenvalue weighted by molar-refractivity contribution is 5.47. The average Bonchev–Trinajstić information content (AvgIpc) is 3.11. The highest BCUT2D eigenvalue weighted by Gasteiger charge is 2.23. The molecule has 2 heterocycles. The van der Waals surface area contributed by atoms with Gasteiger partial charge in [0.25, 0.3) is 0 Å². The van der Waals surface area contributed by atoms with Gasteiger partial charge in [0.05, 0.1) is 24.0 Å². The molecule has 2 N–H and O–H groups in total. The van der Waals surface area contributed by atoms with Crippen LogP contribution in [-0.2, 0) is 19.4 Å². The van der Waals surface area contributed by atoms with Crippen molar-refractivity contribution in [3.05, 3.63) is 46.8 Å². The predicted octanol–water partition coefficient (Wildman–Crippen LogP) is 2.45. The molecule has 1 aliphatic rings. The van der Waals surface area contributed by atoms with Crippen molar-refractivity contribution >= 4 is 0 Å². The van der Waals surface area contributed by atoms with E-state index in [1.165, 1.54) is 5.56 Å². The fourth-order valence-corrected chi connectivity index (χ4v) is 2.81. The minimum absolute atomic E-state index is 0.184. The lowest BCUT2D eigenvalue weighted by Gasteiger charge is -2.16. The number of nitrogens with two attached hydrogens (primary N) is 1. The lowest BCUT2D eigenvalue weighted by Crippen LogP contribution is -2.17. The minimum Gasteiger partial charge on any atom is -0.493 e. The Hall–Kier alpha value is -1.81. The maximum absolute atomic E-state index is 6.49. The number of rotatable bonds is 4. The van der Waals surface area contributed by atoms with Crippen LogP contribution in [-0.4, -0.2) is 16.4 Å². The van der Waals surface area contributed by atoms with Crippen molar-refractivity contribution in [1.29, 1.82) is 0 Å². The summed E-state index contributed by atoms with van der Waals surface area (Å²) in [5.74, 6) is 0.974. The summed E-state index contributed by atoms with van der Waals surface area (Å²) < 4.78 is 7.77. The van der Waals surface area contributed by atoms with E-state index in [1.54, 1.807) is 0 Å². The first-order valence-corrected chi connectivity index (χ1v) is 7.31. The Kier molecular flexibility index (Phi) is 3.49. The van der Waals surface area contributed by atoms with E-state index in [4.69, 9.17) is 10.5 Å². The Labute approximate surface area is 119 Å². The average molecular weight is 271 g/mol. The molecule has 0 radical (unpaired) electrons. The van der Waals surface area contributed by atoms with Crippen LogP contribution in [0.2, 0.25) is 0 Å². The number of fused-ring (bicyclic) bond motifs is 1. The first-order valence-electron chi connectivity index (χ1n) is 7.31. The van der Waals surface area contributed by atoms with Crippen molar-refractivity contribution in [2.24, 2.45) is 5.73 Å². The number of hydrogen-bond donors (Lipinski definition) is 1. The lowest BCUT2D eigenvalue weighted by molar-refractivity contribution is 0.352. The molecule has 0 amide bonds. The van der Waals surface area contributed by atoms with Gasteiger partial charge < -0.3 is 10.5 Å². The van der Waals surface area contributed by atoms with Gasteiger partial charge in [-0.15, -0.1) is 0 Å². The third kappa shape index (κ3) is 2.10. The monoisotopic (exact) mass is 271 g/mol. The summed E-state index contributed by atoms with van der Waals surface area (Å²) in [6.45, 7) is 5.79. The van der Waals surface area contributed by atoms with E-state index >= 15 is 0 Å². The number of ether oxygens (including phenoxy) is 1. The number of benzene rings is 1. The molecular weight excluding hydrogens is 250 g/mol. The van der Waals surface area contributed by atoms with Crippen LogP contribution in [0.25, 0.3) is 0 Å². The van der Waals surface area contributed by atoms with Crippen LogP contribution in [0.5, 0.6) is 5.75 Å². The standard InChI is InChI=1S/C16H21N3O/c1-3-12-10-14(19(4-2)18-12)15(17)13-7-5-6-11-8-9-20-16(11)13/h5-7,10,15H,3-4,8-9,17H2,1-2H3. The Balaban J connectivity index is 2.03. The van der Waals surface area contributed by atoms with Gasteiger partial charge in [-0.25, -0.2) is 0 Å². The van der Waals surface area contributed by atoms with Gasteiger partial charge in [-0.1, -0.05) is 25.1 Å². The molecule has 4 heteroatoms. The molecule has 106 valence electrons. The minimum atomic E-state index is -0.184. The largest absolute Gasteiger partial charge is 0.493 e. The summed E-state index contributed by atoms with van der Waals surface area (Å²) >= 11 is 0. The zero-order chi connectivity index (χ0) is 14.1. The van der Waals surface area contributed by atoms with Crippen molar-refractivity contribution < 1.29 is 4.74 Å². The van der Waals surface area contributed by atoms with Crippen LogP contribution < -0.4 is 10.5 Å². The zero-order valence-electron chi connectivity index (χ0n) is 12.1. The van der Waals surface area contributed by atoms with Gasteiger partial charge in [0.2, 0.25) is 0 Å². The molecule has 0 aliphatic carbocycles. The van der Waals surface area contributed by atoms with E-state index in [9.17, 15) is 0 Å². The van der Waals surface area contributed by atoms with Gasteiger partial charge in [-0.2, -0.15) is 5.10 Å². The normalized spacial score (nSPS) is 14.9. The lowest BCUT2D eigenvalue weighted by atomic mass is 10.00. The van der Waals surface area contributed by atoms with Crippen LogP contribution in [0.15, 0.2) is 24.3 Å². The van der Waals surface area contributed by atoms with Crippen LogP contribution >= 0.6 is 0 Å². The SMILES string of the molecule is CCc1cc(C(N)c2cccc3c2OCC3)n(CC)n1. The van der Waals surface area contributed by atoms with Gasteiger partial charge >= 0.3 is 0 Å². The summed E-state index contributed by atoms with van der Waals surface area (Å²) in [5.41, 5.74) is 11.0. The summed E-state index contributed by atoms with van der Waals surface area (Å²) in [6.07, 6.45) is 1.90. The number of para-hydroxylation sites is 1. The quantitative estimate of drug-likeness (QED) is 0.929. The molecule has 1 aromatic heterocycles. The number of aromatic nitrogens is 2. The summed E-state index contributed by atoms with van der Waals surface area (Å²) in [6, 6.07) is 8.18. The molecule has 0 saturated heterocycles. The van der Waals surface area contributed by atoms with Crippen LogP contribution in [0.1, 0.15) is 42.4 Å². The molecule has 1 aliphatic heterocycles. The van der Waals surface area contributed by atoms with Crippen molar-refractivity contribution in [2.45, 2.75) is 39.3 Å². The molecule has 0 fully saturated rings. The maximum Gasteiger partial charge on any atom is 0.127 e. The molecule has 0 spiro atoms. The highest BCUT2D eigenvalue weighted by Crippen LogP contribution is 2.35. The molecular formula is C16H21N3O. The number of nitrogens with zero attached hydrogens (tertiary/aromatic N) is 2.